The van der Waals surface area contributed by atoms with E-state index in [0.717, 1.165) is 44.5 Å². The molecule has 4 aliphatic heterocycles. The van der Waals surface area contributed by atoms with Crippen LogP contribution in [-0.4, -0.2) is 73.8 Å². The Balaban J connectivity index is 1.15. The van der Waals surface area contributed by atoms with Gasteiger partial charge in [-0.1, -0.05) is 12.1 Å². The number of morpholine rings is 1. The Morgan fingerprint density at radius 1 is 0.865 bits per heavy atom. The van der Waals surface area contributed by atoms with Crippen LogP contribution in [0, 0.1) is 5.92 Å². The van der Waals surface area contributed by atoms with Gasteiger partial charge in [0.2, 0.25) is 0 Å². The molecule has 198 valence electrons. The molecule has 8 nitrogen and oxygen atoms in total. The summed E-state index contributed by atoms with van der Waals surface area (Å²) in [6, 6.07) is 14.9. The Bertz CT molecular complexity index is 1070. The van der Waals surface area contributed by atoms with Crippen molar-refractivity contribution in [3.05, 3.63) is 59.7 Å². The van der Waals surface area contributed by atoms with E-state index in [9.17, 15) is 9.59 Å². The third-order valence-corrected chi connectivity index (χ3v) is 7.77. The van der Waals surface area contributed by atoms with Gasteiger partial charge < -0.3 is 29.3 Å². The number of rotatable bonds is 6. The molecule has 0 radical (unpaired) electrons. The largest absolute Gasteiger partial charge is 0.457 e. The van der Waals surface area contributed by atoms with Gasteiger partial charge in [0.15, 0.2) is 0 Å². The second-order valence-electron chi connectivity index (χ2n) is 10.7. The van der Waals surface area contributed by atoms with Crippen molar-refractivity contribution < 1.29 is 23.8 Å². The van der Waals surface area contributed by atoms with Crippen molar-refractivity contribution >= 4 is 12.0 Å². The van der Waals surface area contributed by atoms with E-state index in [-0.39, 0.29) is 18.1 Å². The predicted molar refractivity (Wildman–Crippen MR) is 140 cm³/mol. The van der Waals surface area contributed by atoms with E-state index in [1.165, 1.54) is 0 Å². The fourth-order valence-corrected chi connectivity index (χ4v) is 5.43. The highest BCUT2D eigenvalue weighted by molar-refractivity contribution is 5.94. The van der Waals surface area contributed by atoms with Crippen LogP contribution in [0.1, 0.15) is 49.0 Å². The van der Waals surface area contributed by atoms with Crippen molar-refractivity contribution in [2.75, 3.05) is 45.9 Å². The molecule has 2 aromatic rings. The Morgan fingerprint density at radius 2 is 1.46 bits per heavy atom. The summed E-state index contributed by atoms with van der Waals surface area (Å²) in [6.45, 7) is 9.57. The zero-order valence-electron chi connectivity index (χ0n) is 21.8. The van der Waals surface area contributed by atoms with E-state index in [2.05, 4.69) is 10.2 Å². The van der Waals surface area contributed by atoms with Crippen molar-refractivity contribution in [2.24, 2.45) is 5.92 Å². The van der Waals surface area contributed by atoms with Crippen LogP contribution in [0.4, 0.5) is 4.79 Å². The molecule has 2 bridgehead atoms. The number of fused-ring (bicyclic) bond motifs is 4. The number of nitrogens with one attached hydrogen (secondary N) is 1. The molecule has 2 aromatic carbocycles. The molecule has 37 heavy (non-hydrogen) atoms. The Hall–Kier alpha value is -3.10. The van der Waals surface area contributed by atoms with Crippen molar-refractivity contribution in [2.45, 2.75) is 44.8 Å². The van der Waals surface area contributed by atoms with Crippen LogP contribution in [0.5, 0.6) is 11.5 Å². The summed E-state index contributed by atoms with van der Waals surface area (Å²) in [6.07, 6.45) is 2.76. The standard InChI is InChI=1S/C29H37N3O5/c1-29(2,30-28(34)37-26-13-16-31-14-11-21(26)12-15-31)23-5-9-25(10-6-23)36-24-7-3-22(4-8-24)27(33)32-17-19-35-20-18-32/h3-10,21,26H,11-20H2,1-2H3,(H,30,34). The predicted octanol–water partition coefficient (Wildman–Crippen LogP) is 4.40. The number of amides is 2. The molecule has 0 aliphatic carbocycles. The van der Waals surface area contributed by atoms with Crippen LogP contribution in [0.25, 0.3) is 0 Å². The molecule has 4 heterocycles. The van der Waals surface area contributed by atoms with E-state index in [1.807, 2.05) is 43.0 Å². The number of piperidine rings is 1. The molecular weight excluding hydrogens is 470 g/mol. The number of nitrogens with zero attached hydrogens (tertiary/aromatic N) is 2. The first kappa shape index (κ1) is 25.5. The smallest absolute Gasteiger partial charge is 0.408 e. The number of carbonyl (C=O) groups excluding carboxylic acids is 2. The van der Waals surface area contributed by atoms with Gasteiger partial charge in [-0.05, 0) is 94.1 Å². The molecule has 0 spiro atoms. The maximum atomic E-state index is 12.8. The molecule has 6 rings (SSSR count). The van der Waals surface area contributed by atoms with Gasteiger partial charge in [0.1, 0.15) is 17.6 Å². The molecule has 1 atom stereocenters. The zero-order valence-corrected chi connectivity index (χ0v) is 21.8. The Morgan fingerprint density at radius 3 is 2.11 bits per heavy atom. The Labute approximate surface area is 218 Å². The topological polar surface area (TPSA) is 80.3 Å². The van der Waals surface area contributed by atoms with Gasteiger partial charge in [-0.15, -0.1) is 0 Å². The van der Waals surface area contributed by atoms with Crippen molar-refractivity contribution in [1.82, 2.24) is 15.1 Å². The minimum absolute atomic E-state index is 0.00497. The van der Waals surface area contributed by atoms with Gasteiger partial charge >= 0.3 is 6.09 Å². The highest BCUT2D eigenvalue weighted by Gasteiger charge is 2.34. The summed E-state index contributed by atoms with van der Waals surface area (Å²) in [5, 5.41) is 3.05. The monoisotopic (exact) mass is 507 g/mol. The highest BCUT2D eigenvalue weighted by Crippen LogP contribution is 2.30. The maximum Gasteiger partial charge on any atom is 0.408 e. The molecule has 4 aliphatic rings. The highest BCUT2D eigenvalue weighted by atomic mass is 16.6. The molecule has 4 saturated heterocycles. The molecule has 0 saturated carbocycles. The first-order chi connectivity index (χ1) is 17.9. The summed E-state index contributed by atoms with van der Waals surface area (Å²) in [5.41, 5.74) is 0.999. The lowest BCUT2D eigenvalue weighted by atomic mass is 9.92. The summed E-state index contributed by atoms with van der Waals surface area (Å²) in [4.78, 5) is 29.7. The third kappa shape index (κ3) is 6.25. The van der Waals surface area contributed by atoms with Crippen LogP contribution in [-0.2, 0) is 15.0 Å². The lowest BCUT2D eigenvalue weighted by molar-refractivity contribution is 0.0303. The minimum atomic E-state index is -0.594. The van der Waals surface area contributed by atoms with Gasteiger partial charge in [0, 0.05) is 25.2 Å². The average Bonchev–Trinajstić information content (AvgIpc) is 3.22. The fraction of sp³-hybridized carbons (Fsp3) is 0.517. The van der Waals surface area contributed by atoms with Crippen LogP contribution < -0.4 is 10.1 Å². The fourth-order valence-electron chi connectivity index (χ4n) is 5.43. The van der Waals surface area contributed by atoms with Crippen LogP contribution in [0.3, 0.4) is 0 Å². The van der Waals surface area contributed by atoms with Crippen LogP contribution in [0.15, 0.2) is 48.5 Å². The molecule has 0 aromatic heterocycles. The number of benzene rings is 2. The SMILES string of the molecule is CC(C)(NC(=O)OC1CCN2CCC1CC2)c1ccc(Oc2ccc(C(=O)N3CCOCC3)cc2)cc1. The van der Waals surface area contributed by atoms with Gasteiger partial charge in [-0.25, -0.2) is 4.79 Å². The maximum absolute atomic E-state index is 12.8. The number of hydrogen-bond donors (Lipinski definition) is 1. The normalized spacial score (nSPS) is 23.7. The second kappa shape index (κ2) is 11.1. The first-order valence-electron chi connectivity index (χ1n) is 13.3. The van der Waals surface area contributed by atoms with Gasteiger partial charge in [0.05, 0.1) is 18.8 Å². The second-order valence-corrected chi connectivity index (χ2v) is 10.7. The van der Waals surface area contributed by atoms with E-state index in [0.29, 0.717) is 49.3 Å². The molecular formula is C29H37N3O5. The molecule has 1 unspecified atom stereocenters. The summed E-state index contributed by atoms with van der Waals surface area (Å²) in [5.74, 6) is 1.81. The van der Waals surface area contributed by atoms with Gasteiger partial charge in [-0.2, -0.15) is 0 Å². The Kier molecular flexibility index (Phi) is 7.67. The van der Waals surface area contributed by atoms with E-state index in [1.54, 1.807) is 24.3 Å². The minimum Gasteiger partial charge on any atom is -0.457 e. The third-order valence-electron chi connectivity index (χ3n) is 7.77. The summed E-state index contributed by atoms with van der Waals surface area (Å²) in [7, 11) is 0. The van der Waals surface area contributed by atoms with E-state index >= 15 is 0 Å². The molecule has 8 heteroatoms. The van der Waals surface area contributed by atoms with Crippen LogP contribution >= 0.6 is 0 Å². The molecule has 4 fully saturated rings. The average molecular weight is 508 g/mol. The van der Waals surface area contributed by atoms with Crippen molar-refractivity contribution in [3.63, 3.8) is 0 Å². The lowest BCUT2D eigenvalue weighted by Gasteiger charge is -2.31. The van der Waals surface area contributed by atoms with Crippen molar-refractivity contribution in [3.8, 4) is 11.5 Å². The van der Waals surface area contributed by atoms with E-state index < -0.39 is 5.54 Å². The molecule has 2 amide bonds. The molecule has 1 N–H and O–H groups in total. The quantitative estimate of drug-likeness (QED) is 0.625. The number of hydrogen-bond acceptors (Lipinski definition) is 6. The first-order valence-corrected chi connectivity index (χ1v) is 13.3. The lowest BCUT2D eigenvalue weighted by Crippen LogP contribution is -2.43. The van der Waals surface area contributed by atoms with Gasteiger partial charge in [-0.3, -0.25) is 4.79 Å². The van der Waals surface area contributed by atoms with Gasteiger partial charge in [0.25, 0.3) is 5.91 Å². The number of alkyl carbamates (subject to hydrolysis) is 1. The number of carbonyl (C=O) groups is 2. The van der Waals surface area contributed by atoms with E-state index in [4.69, 9.17) is 14.2 Å². The summed E-state index contributed by atoms with van der Waals surface area (Å²) < 4.78 is 17.2. The summed E-state index contributed by atoms with van der Waals surface area (Å²) >= 11 is 0. The van der Waals surface area contributed by atoms with Crippen LogP contribution in [0.2, 0.25) is 0 Å². The van der Waals surface area contributed by atoms with Crippen molar-refractivity contribution in [1.29, 1.82) is 0 Å². The zero-order chi connectivity index (χ0) is 25.8. The number of ether oxygens (including phenoxy) is 3.